The van der Waals surface area contributed by atoms with Gasteiger partial charge in [-0.25, -0.2) is 13.6 Å². The molecule has 2 heterocycles. The Labute approximate surface area is 121 Å². The Morgan fingerprint density at radius 2 is 1.86 bits per heavy atom. The van der Waals surface area contributed by atoms with Crippen LogP contribution in [0.25, 0.3) is 0 Å². The molecular weight excluding hydrogens is 315 g/mol. The van der Waals surface area contributed by atoms with E-state index < -0.39 is 18.6 Å². The number of aliphatic carboxylic acids is 1. The number of halogens is 5. The molecule has 1 saturated heterocycles. The van der Waals surface area contributed by atoms with Crippen LogP contribution >= 0.6 is 0 Å². The summed E-state index contributed by atoms with van der Waals surface area (Å²) in [6.07, 6.45) is -7.64. The maximum atomic E-state index is 12.5. The summed E-state index contributed by atoms with van der Waals surface area (Å²) in [7, 11) is 0. The number of hydrogen-bond donors (Lipinski definition) is 2. The molecule has 1 aliphatic heterocycles. The zero-order chi connectivity index (χ0) is 16.7. The Morgan fingerprint density at radius 3 is 2.23 bits per heavy atom. The highest BCUT2D eigenvalue weighted by atomic mass is 19.4. The normalized spacial score (nSPS) is 26.4. The van der Waals surface area contributed by atoms with Crippen molar-refractivity contribution >= 4 is 5.97 Å². The summed E-state index contributed by atoms with van der Waals surface area (Å²) in [6, 6.07) is 0. The van der Waals surface area contributed by atoms with E-state index in [0.29, 0.717) is 23.3 Å². The van der Waals surface area contributed by atoms with E-state index in [2.05, 4.69) is 10.5 Å². The zero-order valence-corrected chi connectivity index (χ0v) is 11.3. The van der Waals surface area contributed by atoms with Gasteiger partial charge in [-0.1, -0.05) is 5.16 Å². The summed E-state index contributed by atoms with van der Waals surface area (Å²) in [5, 5.41) is 14.2. The van der Waals surface area contributed by atoms with Gasteiger partial charge in [0.2, 0.25) is 5.76 Å². The minimum Gasteiger partial charge on any atom is -0.475 e. The molecule has 3 rings (SSSR count). The number of aromatic nitrogens is 1. The topological polar surface area (TPSA) is 75.4 Å². The second-order valence-electron chi connectivity index (χ2n) is 5.17. The first-order valence-electron chi connectivity index (χ1n) is 6.39. The largest absolute Gasteiger partial charge is 0.490 e. The Kier molecular flexibility index (Phi) is 4.41. The van der Waals surface area contributed by atoms with Crippen LogP contribution in [0.5, 0.6) is 0 Å². The Hall–Kier alpha value is -1.71. The maximum absolute atomic E-state index is 12.5. The van der Waals surface area contributed by atoms with Crippen LogP contribution in [0.4, 0.5) is 22.0 Å². The van der Waals surface area contributed by atoms with E-state index in [4.69, 9.17) is 14.4 Å². The van der Waals surface area contributed by atoms with Crippen LogP contribution in [0.2, 0.25) is 0 Å². The van der Waals surface area contributed by atoms with Crippen LogP contribution in [0, 0.1) is 18.8 Å². The molecule has 1 unspecified atom stereocenters. The van der Waals surface area contributed by atoms with Crippen LogP contribution in [0.15, 0.2) is 4.52 Å². The number of carboxylic acids is 1. The van der Waals surface area contributed by atoms with Crippen LogP contribution in [-0.2, 0) is 4.79 Å². The van der Waals surface area contributed by atoms with Gasteiger partial charge in [-0.3, -0.25) is 0 Å². The van der Waals surface area contributed by atoms with E-state index in [1.807, 2.05) is 0 Å². The standard InChI is InChI=1S/C10H12F2N2O.C2HF3O2/c1-4-8(14-15-9(4)10(11)12)7-5-2-13-3-6(5)7;3-2(4,5)1(6)7/h5-7,10,13H,2-3H2,1H3;(H,6,7)/t5-,6+,7?;. The molecule has 0 spiro atoms. The lowest BCUT2D eigenvalue weighted by Crippen LogP contribution is -2.21. The first kappa shape index (κ1) is 16.7. The fourth-order valence-corrected chi connectivity index (χ4v) is 2.70. The molecule has 22 heavy (non-hydrogen) atoms. The summed E-state index contributed by atoms with van der Waals surface area (Å²) in [5.41, 5.74) is 1.30. The van der Waals surface area contributed by atoms with Crippen molar-refractivity contribution in [3.05, 3.63) is 17.0 Å². The minimum atomic E-state index is -5.08. The van der Waals surface area contributed by atoms with Gasteiger partial charge in [0, 0.05) is 11.5 Å². The van der Waals surface area contributed by atoms with Crippen molar-refractivity contribution in [1.82, 2.24) is 10.5 Å². The van der Waals surface area contributed by atoms with Crippen LogP contribution in [0.1, 0.15) is 29.4 Å². The van der Waals surface area contributed by atoms with Crippen molar-refractivity contribution in [3.8, 4) is 0 Å². The lowest BCUT2D eigenvalue weighted by Gasteiger charge is -2.01. The average molecular weight is 328 g/mol. The molecule has 0 bridgehead atoms. The molecule has 0 radical (unpaired) electrons. The maximum Gasteiger partial charge on any atom is 0.490 e. The predicted molar refractivity (Wildman–Crippen MR) is 62.5 cm³/mol. The van der Waals surface area contributed by atoms with Gasteiger partial charge in [0.1, 0.15) is 0 Å². The van der Waals surface area contributed by atoms with Gasteiger partial charge in [0.15, 0.2) is 0 Å². The van der Waals surface area contributed by atoms with Crippen LogP contribution < -0.4 is 5.32 Å². The fraction of sp³-hybridized carbons (Fsp3) is 0.667. The van der Waals surface area contributed by atoms with Gasteiger partial charge in [0.05, 0.1) is 5.69 Å². The zero-order valence-electron chi connectivity index (χ0n) is 11.3. The summed E-state index contributed by atoms with van der Waals surface area (Å²) < 4.78 is 61.4. The Bertz CT molecular complexity index is 547. The number of alkyl halides is 5. The van der Waals surface area contributed by atoms with Gasteiger partial charge in [-0.05, 0) is 31.8 Å². The van der Waals surface area contributed by atoms with Crippen LogP contribution in [0.3, 0.4) is 0 Å². The van der Waals surface area contributed by atoms with E-state index >= 15 is 0 Å². The number of rotatable bonds is 2. The molecule has 2 N–H and O–H groups in total. The molecule has 0 amide bonds. The Morgan fingerprint density at radius 1 is 1.36 bits per heavy atom. The third kappa shape index (κ3) is 3.21. The second-order valence-corrected chi connectivity index (χ2v) is 5.17. The SMILES string of the molecule is Cc1c(C2[C@H]3CNC[C@@H]23)noc1C(F)F.O=C(O)C(F)(F)F. The monoisotopic (exact) mass is 328 g/mol. The molecule has 10 heteroatoms. The van der Waals surface area contributed by atoms with E-state index in [0.717, 1.165) is 18.8 Å². The number of piperidine rings is 1. The number of carboxylic acid groups (broad SMARTS) is 1. The third-order valence-electron chi connectivity index (χ3n) is 3.84. The number of fused-ring (bicyclic) bond motifs is 1. The molecule has 5 nitrogen and oxygen atoms in total. The predicted octanol–water partition coefficient (Wildman–Crippen LogP) is 2.49. The van der Waals surface area contributed by atoms with Gasteiger partial charge < -0.3 is 14.9 Å². The smallest absolute Gasteiger partial charge is 0.475 e. The fourth-order valence-electron chi connectivity index (χ4n) is 2.70. The summed E-state index contributed by atoms with van der Waals surface area (Å²) in [5.74, 6) is -1.50. The quantitative estimate of drug-likeness (QED) is 0.816. The van der Waals surface area contributed by atoms with Crippen molar-refractivity contribution in [2.75, 3.05) is 13.1 Å². The number of nitrogens with zero attached hydrogens (tertiary/aromatic N) is 1. The summed E-state index contributed by atoms with van der Waals surface area (Å²) in [6.45, 7) is 3.63. The highest BCUT2D eigenvalue weighted by Gasteiger charge is 2.55. The highest BCUT2D eigenvalue weighted by Crippen LogP contribution is 2.56. The third-order valence-corrected chi connectivity index (χ3v) is 3.84. The summed E-state index contributed by atoms with van der Waals surface area (Å²) in [4.78, 5) is 8.90. The molecular formula is C12H13F5N2O3. The van der Waals surface area contributed by atoms with Crippen molar-refractivity contribution in [2.24, 2.45) is 11.8 Å². The number of nitrogens with one attached hydrogen (secondary N) is 1. The van der Waals surface area contributed by atoms with Gasteiger partial charge >= 0.3 is 12.1 Å². The molecule has 0 aromatic carbocycles. The van der Waals surface area contributed by atoms with Crippen LogP contribution in [-0.4, -0.2) is 35.5 Å². The molecule has 3 atom stereocenters. The molecule has 2 aliphatic rings. The molecule has 1 saturated carbocycles. The molecule has 1 aromatic rings. The average Bonchev–Trinajstić information content (AvgIpc) is 2.77. The molecule has 1 aromatic heterocycles. The lowest BCUT2D eigenvalue weighted by atomic mass is 10.1. The molecule has 1 aliphatic carbocycles. The van der Waals surface area contributed by atoms with Crippen molar-refractivity contribution in [2.45, 2.75) is 25.4 Å². The Balaban J connectivity index is 0.000000217. The summed E-state index contributed by atoms with van der Waals surface area (Å²) >= 11 is 0. The van der Waals surface area contributed by atoms with Crippen molar-refractivity contribution in [3.63, 3.8) is 0 Å². The highest BCUT2D eigenvalue weighted by molar-refractivity contribution is 5.73. The van der Waals surface area contributed by atoms with Crippen molar-refractivity contribution < 1.29 is 36.4 Å². The van der Waals surface area contributed by atoms with Gasteiger partial charge in [-0.2, -0.15) is 13.2 Å². The molecule has 124 valence electrons. The first-order valence-corrected chi connectivity index (χ1v) is 6.39. The first-order chi connectivity index (χ1) is 10.1. The van der Waals surface area contributed by atoms with E-state index in [9.17, 15) is 22.0 Å². The lowest BCUT2D eigenvalue weighted by molar-refractivity contribution is -0.192. The van der Waals surface area contributed by atoms with E-state index in [1.165, 1.54) is 0 Å². The molecule has 2 fully saturated rings. The van der Waals surface area contributed by atoms with Gasteiger partial charge in [0.25, 0.3) is 6.43 Å². The van der Waals surface area contributed by atoms with E-state index in [1.54, 1.807) is 6.92 Å². The van der Waals surface area contributed by atoms with E-state index in [-0.39, 0.29) is 5.76 Å². The number of carbonyl (C=O) groups is 1. The van der Waals surface area contributed by atoms with Crippen molar-refractivity contribution in [1.29, 1.82) is 0 Å². The minimum absolute atomic E-state index is 0.261. The van der Waals surface area contributed by atoms with Gasteiger partial charge in [-0.15, -0.1) is 0 Å². The second kappa shape index (κ2) is 5.82. The number of hydrogen-bond acceptors (Lipinski definition) is 4.